The number of hydrogen-bond donors (Lipinski definition) is 0. The van der Waals surface area contributed by atoms with E-state index in [1.54, 1.807) is 0 Å². The first kappa shape index (κ1) is 77.0. The zero-order valence-electron chi connectivity index (χ0n) is 74.7. The molecule has 0 heterocycles. The Morgan fingerprint density at radius 2 is 0.385 bits per heavy atom. The van der Waals surface area contributed by atoms with Crippen molar-refractivity contribution in [2.75, 3.05) is 9.80 Å². The van der Waals surface area contributed by atoms with E-state index in [1.807, 2.05) is 0 Å². The highest BCUT2D eigenvalue weighted by Gasteiger charge is 2.57. The van der Waals surface area contributed by atoms with Crippen LogP contribution in [0.5, 0.6) is 0 Å². The molecule has 0 radical (unpaired) electrons. The predicted octanol–water partition coefficient (Wildman–Crippen LogP) is 33.3. The minimum Gasteiger partial charge on any atom is -0.310 e. The van der Waals surface area contributed by atoms with Gasteiger partial charge in [0.2, 0.25) is 0 Å². The molecule has 21 aromatic rings. The normalized spacial score (nSPS) is 16.0. The Morgan fingerprint density at radius 1 is 0.141 bits per heavy atom. The van der Waals surface area contributed by atoms with Crippen LogP contribution in [0.2, 0.25) is 0 Å². The maximum Gasteiger partial charge on any atom is 0.0746 e. The summed E-state index contributed by atoms with van der Waals surface area (Å²) in [5.74, 6) is 0. The molecule has 0 fully saturated rings. The van der Waals surface area contributed by atoms with Crippen LogP contribution in [0.25, 0.3) is 111 Å². The SMILES string of the molecule is CC1(C)c2ccccc2-c2ccc(N(c3ccc4c(c3)-c3ccccc3C4(c3ccccc3)c3ccc(-c4ccc5c(c4)-c4ccccc4C54c5ccccc5-c5cccc(N(c6ccc(-c7ccc(-c8ccccc8)cc7)cc6)c6ccc7c(c6)-c6ccccc6C7(c6ccccc6)c6ccccc6)c54)cc3)c3cccc4c3C3(c5ccccc5-c5ccccc53)c3ccccc3-4)cc21. The lowest BCUT2D eigenvalue weighted by Gasteiger charge is -2.37. The largest absolute Gasteiger partial charge is 0.310 e. The average Bonchev–Trinajstić information content (AvgIpc) is 1.51. The molecule has 0 amide bonds. The lowest BCUT2D eigenvalue weighted by atomic mass is 9.67. The van der Waals surface area contributed by atoms with E-state index in [9.17, 15) is 0 Å². The third-order valence-corrected chi connectivity index (χ3v) is 31.7. The lowest BCUT2D eigenvalue weighted by Crippen LogP contribution is -2.29. The van der Waals surface area contributed by atoms with Crippen molar-refractivity contribution in [2.45, 2.75) is 40.9 Å². The minimum absolute atomic E-state index is 0.246. The van der Waals surface area contributed by atoms with Gasteiger partial charge in [0.1, 0.15) is 0 Å². The van der Waals surface area contributed by atoms with Gasteiger partial charge >= 0.3 is 0 Å². The molecule has 0 bridgehead atoms. The molecule has 2 nitrogen and oxygen atoms in total. The highest BCUT2D eigenvalue weighted by atomic mass is 15.2. The zero-order chi connectivity index (χ0) is 89.0. The Morgan fingerprint density at radius 3 is 0.807 bits per heavy atom. The fraction of sp³-hybridized carbons (Fsp3) is 0.0526. The third-order valence-electron chi connectivity index (χ3n) is 31.7. The van der Waals surface area contributed by atoms with Crippen molar-refractivity contribution in [3.8, 4) is 111 Å². The Hall–Kier alpha value is -16.8. The maximum atomic E-state index is 2.63. The minimum atomic E-state index is -0.731. The average molecular weight is 1710 g/mol. The van der Waals surface area contributed by atoms with Crippen molar-refractivity contribution >= 4 is 34.1 Å². The van der Waals surface area contributed by atoms with Crippen molar-refractivity contribution in [1.82, 2.24) is 0 Å². The van der Waals surface area contributed by atoms with Crippen LogP contribution in [0.4, 0.5) is 34.1 Å². The second-order valence-electron chi connectivity index (χ2n) is 38.2. The second kappa shape index (κ2) is 29.1. The van der Waals surface area contributed by atoms with E-state index >= 15 is 0 Å². The Bertz CT molecular complexity index is 8390. The van der Waals surface area contributed by atoms with E-state index in [0.717, 1.165) is 50.8 Å². The first-order chi connectivity index (χ1) is 66.7. The standard InChI is InChI=1S/C133H88N2/c1-129(2)113-51-23-15-41-99(113)107-77-74-98(84-124(107)129)135(126-60-32-50-109-102-44-18-28-56-118(102)132(128(109)126)116-54-26-16-42-100(116)101-43-17-27-55-117(101)132)97-76-80-122-112(83-97)106-48-21-25-53-115(106)131(122,93-39-13-6-14-40-93)94-70-65-89(66-71-94)90-69-78-123-110(81-90)104-46-22-30-58-120(104)133(123)119-57-29-19-45-103(119)108-49-31-59-125(127(108)133)134(95-72-67-88(68-73-95)87-63-61-86(62-64-87)85-33-7-3-8-34-85)96-75-79-121-111(82-96)105-47-20-24-52-114(105)130(121,91-35-9-4-10-36-91)92-37-11-5-12-38-92/h3-84H,1-2H3. The van der Waals surface area contributed by atoms with Crippen LogP contribution < -0.4 is 9.80 Å². The number of fused-ring (bicyclic) bond motifs is 29. The topological polar surface area (TPSA) is 6.48 Å². The monoisotopic (exact) mass is 1710 g/mol. The molecule has 630 valence electrons. The summed E-state index contributed by atoms with van der Waals surface area (Å²) in [4.78, 5) is 5.22. The molecule has 2 spiro atoms. The van der Waals surface area contributed by atoms with Gasteiger partial charge in [-0.25, -0.2) is 0 Å². The molecule has 0 aliphatic heterocycles. The van der Waals surface area contributed by atoms with E-state index < -0.39 is 21.7 Å². The molecule has 21 aromatic carbocycles. The van der Waals surface area contributed by atoms with Crippen LogP contribution in [0.1, 0.15) is 114 Å². The van der Waals surface area contributed by atoms with Crippen LogP contribution in [0.15, 0.2) is 497 Å². The molecular weight excluding hydrogens is 1630 g/mol. The van der Waals surface area contributed by atoms with Gasteiger partial charge in [0.25, 0.3) is 0 Å². The Kier molecular flexibility index (Phi) is 16.6. The van der Waals surface area contributed by atoms with Gasteiger partial charge in [-0.15, -0.1) is 0 Å². The molecular formula is C133H88N2. The Labute approximate surface area is 788 Å². The van der Waals surface area contributed by atoms with Crippen molar-refractivity contribution in [1.29, 1.82) is 0 Å². The fourth-order valence-electron chi connectivity index (χ4n) is 26.2. The van der Waals surface area contributed by atoms with E-state index in [1.165, 1.54) is 195 Å². The summed E-state index contributed by atoms with van der Waals surface area (Å²) in [7, 11) is 0. The summed E-state index contributed by atoms with van der Waals surface area (Å²) >= 11 is 0. The quantitative estimate of drug-likeness (QED) is 0.114. The van der Waals surface area contributed by atoms with E-state index in [-0.39, 0.29) is 5.41 Å². The molecule has 28 rings (SSSR count). The first-order valence-electron chi connectivity index (χ1n) is 47.5. The predicted molar refractivity (Wildman–Crippen MR) is 557 cm³/mol. The maximum absolute atomic E-state index is 2.63. The van der Waals surface area contributed by atoms with Gasteiger partial charge in [-0.2, -0.15) is 0 Å². The van der Waals surface area contributed by atoms with Gasteiger partial charge in [0, 0.05) is 39.3 Å². The van der Waals surface area contributed by atoms with Gasteiger partial charge in [-0.05, 0) is 267 Å². The highest BCUT2D eigenvalue weighted by Crippen LogP contribution is 2.70. The molecule has 7 aliphatic carbocycles. The summed E-state index contributed by atoms with van der Waals surface area (Å²) in [6, 6.07) is 190. The number of rotatable bonds is 13. The molecule has 7 aliphatic rings. The molecule has 0 aromatic heterocycles. The van der Waals surface area contributed by atoms with Gasteiger partial charge in [-0.3, -0.25) is 0 Å². The van der Waals surface area contributed by atoms with Gasteiger partial charge < -0.3 is 9.80 Å². The van der Waals surface area contributed by atoms with E-state index in [0.29, 0.717) is 0 Å². The molecule has 2 heteroatoms. The number of anilines is 6. The van der Waals surface area contributed by atoms with Crippen LogP contribution in [-0.2, 0) is 27.1 Å². The van der Waals surface area contributed by atoms with E-state index in [2.05, 4.69) is 521 Å². The summed E-state index contributed by atoms with van der Waals surface area (Å²) in [6.07, 6.45) is 0. The summed E-state index contributed by atoms with van der Waals surface area (Å²) in [5.41, 5.74) is 51.5. The molecule has 2 atom stereocenters. The van der Waals surface area contributed by atoms with Crippen LogP contribution in [0, 0.1) is 0 Å². The van der Waals surface area contributed by atoms with Crippen LogP contribution in [-0.4, -0.2) is 0 Å². The molecule has 135 heavy (non-hydrogen) atoms. The Balaban J connectivity index is 0.599. The molecule has 0 saturated heterocycles. The third kappa shape index (κ3) is 10.5. The lowest BCUT2D eigenvalue weighted by molar-refractivity contribution is 0.660. The molecule has 2 unspecified atom stereocenters. The summed E-state index contributed by atoms with van der Waals surface area (Å²) in [5, 5.41) is 0. The number of nitrogens with zero attached hydrogens (tertiary/aromatic N) is 2. The molecule has 0 saturated carbocycles. The van der Waals surface area contributed by atoms with Gasteiger partial charge in [0.15, 0.2) is 0 Å². The van der Waals surface area contributed by atoms with Crippen molar-refractivity contribution in [2.24, 2.45) is 0 Å². The summed E-state index contributed by atoms with van der Waals surface area (Å²) < 4.78 is 0. The number of hydrogen-bond acceptors (Lipinski definition) is 2. The van der Waals surface area contributed by atoms with Crippen LogP contribution >= 0.6 is 0 Å². The van der Waals surface area contributed by atoms with E-state index in [4.69, 9.17) is 0 Å². The van der Waals surface area contributed by atoms with Gasteiger partial charge in [0.05, 0.1) is 33.0 Å². The molecule has 0 N–H and O–H groups in total. The highest BCUT2D eigenvalue weighted by molar-refractivity contribution is 6.05. The van der Waals surface area contributed by atoms with Crippen molar-refractivity contribution in [3.05, 3.63) is 598 Å². The summed E-state index contributed by atoms with van der Waals surface area (Å²) in [6.45, 7) is 4.82. The second-order valence-corrected chi connectivity index (χ2v) is 38.2. The van der Waals surface area contributed by atoms with Crippen LogP contribution in [0.3, 0.4) is 0 Å². The fourth-order valence-corrected chi connectivity index (χ4v) is 26.2. The smallest absolute Gasteiger partial charge is 0.0746 e. The zero-order valence-corrected chi connectivity index (χ0v) is 74.7. The van der Waals surface area contributed by atoms with Gasteiger partial charge in [-0.1, -0.05) is 445 Å². The first-order valence-corrected chi connectivity index (χ1v) is 47.5. The van der Waals surface area contributed by atoms with Crippen molar-refractivity contribution < 1.29 is 0 Å². The number of benzene rings is 21. The van der Waals surface area contributed by atoms with Crippen molar-refractivity contribution in [3.63, 3.8) is 0 Å².